The molecule has 20 heavy (non-hydrogen) atoms. The van der Waals surface area contributed by atoms with Crippen molar-refractivity contribution in [3.63, 3.8) is 0 Å². The van der Waals surface area contributed by atoms with Gasteiger partial charge >= 0.3 is 10.0 Å². The lowest BCUT2D eigenvalue weighted by atomic mass is 10.2. The molecule has 6 nitrogen and oxygen atoms in total. The molecule has 0 saturated carbocycles. The summed E-state index contributed by atoms with van der Waals surface area (Å²) in [5.74, 6) is -0.881. The van der Waals surface area contributed by atoms with E-state index in [1.807, 2.05) is 6.92 Å². The molecule has 0 unspecified atom stereocenters. The minimum Gasteiger partial charge on any atom is -0.859 e. The van der Waals surface area contributed by atoms with Crippen LogP contribution in [0, 0.1) is 12.3 Å². The number of sulfonamides is 1. The molecule has 0 bridgehead atoms. The average Bonchev–Trinajstić information content (AvgIpc) is 2.39. The third-order valence-electron chi connectivity index (χ3n) is 2.62. The molecular weight excluding hydrogens is 278 g/mol. The molecule has 2 rings (SSSR count). The van der Waals surface area contributed by atoms with Gasteiger partial charge in [0.1, 0.15) is 0 Å². The predicted octanol–water partition coefficient (Wildman–Crippen LogP) is -0.0994. The number of rotatable bonds is 4. The first-order chi connectivity index (χ1) is 9.38. The summed E-state index contributed by atoms with van der Waals surface area (Å²) in [6.45, 7) is 1.86. The number of aromatic nitrogens is 1. The Hall–Kier alpha value is -2.41. The van der Waals surface area contributed by atoms with Gasteiger partial charge in [-0.1, -0.05) is 27.2 Å². The number of nitrogens with one attached hydrogen (secondary N) is 2. The summed E-state index contributed by atoms with van der Waals surface area (Å²) in [5, 5.41) is 18.0. The Morgan fingerprint density at radius 2 is 1.90 bits per heavy atom. The van der Waals surface area contributed by atoms with Crippen molar-refractivity contribution in [1.29, 1.82) is 5.41 Å². The fourth-order valence-electron chi connectivity index (χ4n) is 1.58. The second kappa shape index (κ2) is 5.30. The lowest BCUT2D eigenvalue weighted by molar-refractivity contribution is -0.637. The highest BCUT2D eigenvalue weighted by molar-refractivity contribution is 7.92. The van der Waals surface area contributed by atoms with E-state index >= 15 is 0 Å². The highest BCUT2D eigenvalue weighted by atomic mass is 32.2. The van der Waals surface area contributed by atoms with Crippen molar-refractivity contribution in [3.05, 3.63) is 59.9 Å². The van der Waals surface area contributed by atoms with Gasteiger partial charge < -0.3 is 10.5 Å². The molecule has 0 aliphatic rings. The first-order valence-electron chi connectivity index (χ1n) is 5.75. The van der Waals surface area contributed by atoms with E-state index in [-0.39, 0.29) is 10.5 Å². The van der Waals surface area contributed by atoms with Crippen LogP contribution in [0.5, 0.6) is 0 Å². The zero-order valence-electron chi connectivity index (χ0n) is 10.7. The van der Waals surface area contributed by atoms with Gasteiger partial charge in [-0.15, -0.1) is 0 Å². The Bertz CT molecular complexity index is 740. The summed E-state index contributed by atoms with van der Waals surface area (Å²) in [5.41, 5.74) is 1.05. The van der Waals surface area contributed by atoms with Gasteiger partial charge in [0.25, 0.3) is 0 Å². The topological polar surface area (TPSA) is 97.0 Å². The van der Waals surface area contributed by atoms with Gasteiger partial charge in [-0.2, -0.15) is 8.42 Å². The Kier molecular flexibility index (Phi) is 3.71. The van der Waals surface area contributed by atoms with Crippen LogP contribution in [0.25, 0.3) is 0 Å². The zero-order valence-corrected chi connectivity index (χ0v) is 11.5. The lowest BCUT2D eigenvalue weighted by Crippen LogP contribution is -2.48. The van der Waals surface area contributed by atoms with Crippen molar-refractivity contribution < 1.29 is 18.2 Å². The van der Waals surface area contributed by atoms with E-state index in [4.69, 9.17) is 5.41 Å². The fraction of sp³-hybridized carbons (Fsp3) is 0.0769. The number of pyridine rings is 1. The van der Waals surface area contributed by atoms with E-state index in [2.05, 4.69) is 4.83 Å². The highest BCUT2D eigenvalue weighted by Gasteiger charge is 2.18. The van der Waals surface area contributed by atoms with Gasteiger partial charge in [-0.3, -0.25) is 0 Å². The molecule has 0 atom stereocenters. The van der Waals surface area contributed by atoms with Gasteiger partial charge in [-0.25, -0.2) is 0 Å². The molecule has 1 aromatic heterocycles. The van der Waals surface area contributed by atoms with Crippen LogP contribution in [0.3, 0.4) is 0 Å². The molecule has 104 valence electrons. The van der Waals surface area contributed by atoms with Gasteiger partial charge in [-0.05, 0) is 31.0 Å². The summed E-state index contributed by atoms with van der Waals surface area (Å²) in [7, 11) is -3.73. The molecule has 0 aliphatic heterocycles. The van der Waals surface area contributed by atoms with Crippen LogP contribution in [0.2, 0.25) is 0 Å². The molecule has 2 N–H and O–H groups in total. The van der Waals surface area contributed by atoms with Crippen molar-refractivity contribution in [3.8, 4) is 0 Å². The molecule has 1 heterocycles. The van der Waals surface area contributed by atoms with Crippen LogP contribution >= 0.6 is 0 Å². The third kappa shape index (κ3) is 3.12. The largest absolute Gasteiger partial charge is 0.859 e. The van der Waals surface area contributed by atoms with E-state index in [0.717, 1.165) is 10.2 Å². The van der Waals surface area contributed by atoms with E-state index in [0.29, 0.717) is 0 Å². The molecule has 0 amide bonds. The van der Waals surface area contributed by atoms with Crippen LogP contribution < -0.4 is 14.6 Å². The molecule has 0 saturated heterocycles. The maximum absolute atomic E-state index is 12.1. The summed E-state index contributed by atoms with van der Waals surface area (Å²) >= 11 is 0. The summed E-state index contributed by atoms with van der Waals surface area (Å²) in [6.07, 6.45) is 2.69. The van der Waals surface area contributed by atoms with E-state index in [1.54, 1.807) is 12.1 Å². The molecule has 0 spiro atoms. The van der Waals surface area contributed by atoms with Crippen molar-refractivity contribution in [2.45, 2.75) is 11.8 Å². The normalized spacial score (nSPS) is 11.1. The van der Waals surface area contributed by atoms with Crippen LogP contribution in [0.4, 0.5) is 0 Å². The van der Waals surface area contributed by atoms with E-state index in [9.17, 15) is 13.5 Å². The molecule has 0 radical (unpaired) electrons. The van der Waals surface area contributed by atoms with Crippen molar-refractivity contribution in [2.75, 3.05) is 4.83 Å². The fourth-order valence-corrected chi connectivity index (χ4v) is 2.57. The van der Waals surface area contributed by atoms with Crippen molar-refractivity contribution >= 4 is 15.9 Å². The minimum absolute atomic E-state index is 0.0964. The van der Waals surface area contributed by atoms with E-state index < -0.39 is 15.9 Å². The first kappa shape index (κ1) is 14.0. The highest BCUT2D eigenvalue weighted by Crippen LogP contribution is 2.09. The number of nitrogens with zero attached hydrogens (tertiary/aromatic N) is 1. The maximum Gasteiger partial charge on any atom is 0.306 e. The predicted molar refractivity (Wildman–Crippen MR) is 71.2 cm³/mol. The first-order valence-corrected chi connectivity index (χ1v) is 7.23. The molecule has 0 aliphatic carbocycles. The second-order valence-electron chi connectivity index (χ2n) is 4.24. The van der Waals surface area contributed by atoms with Crippen LogP contribution in [0.15, 0.2) is 53.7 Å². The van der Waals surface area contributed by atoms with Gasteiger partial charge in [0, 0.05) is 6.07 Å². The Morgan fingerprint density at radius 3 is 2.50 bits per heavy atom. The van der Waals surface area contributed by atoms with Gasteiger partial charge in [0.2, 0.25) is 12.4 Å². The van der Waals surface area contributed by atoms with Crippen molar-refractivity contribution in [2.24, 2.45) is 0 Å². The standard InChI is InChI=1S/C13H13N3O3S/c1-10-4-6-12(7-5-10)20(18,19)15-16-8-2-3-11(9-16)13(14)17/h2-9,15H,1H3,(H-,14,17). The number of aryl methyl sites for hydroxylation is 1. The Labute approximate surface area is 116 Å². The van der Waals surface area contributed by atoms with Crippen LogP contribution in [0.1, 0.15) is 11.1 Å². The Morgan fingerprint density at radius 1 is 1.25 bits per heavy atom. The lowest BCUT2D eigenvalue weighted by Gasteiger charge is -2.07. The molecule has 2 aromatic rings. The summed E-state index contributed by atoms with van der Waals surface area (Å²) in [6, 6.07) is 9.31. The summed E-state index contributed by atoms with van der Waals surface area (Å²) in [4.78, 5) is 2.43. The minimum atomic E-state index is -3.73. The smallest absolute Gasteiger partial charge is 0.306 e. The second-order valence-corrected chi connectivity index (χ2v) is 5.90. The molecular formula is C13H13N3O3S. The van der Waals surface area contributed by atoms with Crippen LogP contribution in [-0.2, 0) is 10.0 Å². The molecule has 0 fully saturated rings. The summed E-state index contributed by atoms with van der Waals surface area (Å²) < 4.78 is 25.4. The number of benzene rings is 1. The Balaban J connectivity index is 2.31. The number of hydrogen-bond acceptors (Lipinski definition) is 4. The van der Waals surface area contributed by atoms with Gasteiger partial charge in [0.05, 0.1) is 10.5 Å². The molecule has 1 aromatic carbocycles. The maximum atomic E-state index is 12.1. The third-order valence-corrected chi connectivity index (χ3v) is 3.96. The zero-order chi connectivity index (χ0) is 14.8. The van der Waals surface area contributed by atoms with Gasteiger partial charge in [0.15, 0.2) is 0 Å². The quantitative estimate of drug-likeness (QED) is 0.467. The van der Waals surface area contributed by atoms with E-state index in [1.165, 1.54) is 36.7 Å². The van der Waals surface area contributed by atoms with Crippen LogP contribution in [-0.4, -0.2) is 14.3 Å². The SMILES string of the molecule is Cc1ccc(S(=O)(=O)N[n+]2cccc(C(=N)[O-])c2)cc1. The number of hydrogen-bond donors (Lipinski definition) is 2. The molecule has 7 heteroatoms. The monoisotopic (exact) mass is 291 g/mol. The van der Waals surface area contributed by atoms with Crippen molar-refractivity contribution in [1.82, 2.24) is 0 Å². The average molecular weight is 291 g/mol.